The predicted molar refractivity (Wildman–Crippen MR) is 249 cm³/mol. The van der Waals surface area contributed by atoms with Gasteiger partial charge in [0.25, 0.3) is 0 Å². The maximum absolute atomic E-state index is 6.54. The van der Waals surface area contributed by atoms with Crippen molar-refractivity contribution < 1.29 is 8.83 Å². The smallest absolute Gasteiger partial charge is 0.167 e. The molecule has 0 radical (unpaired) electrons. The van der Waals surface area contributed by atoms with E-state index >= 15 is 0 Å². The first kappa shape index (κ1) is 32.6. The van der Waals surface area contributed by atoms with Crippen molar-refractivity contribution in [1.82, 2.24) is 19.5 Å². The van der Waals surface area contributed by atoms with Crippen LogP contribution in [0.5, 0.6) is 0 Å². The zero-order valence-electron chi connectivity index (χ0n) is 32.4. The van der Waals surface area contributed by atoms with Crippen LogP contribution >= 0.6 is 0 Å². The molecule has 0 fully saturated rings. The van der Waals surface area contributed by atoms with Crippen LogP contribution in [-0.4, -0.2) is 19.5 Å². The quantitative estimate of drug-likeness (QED) is 0.166. The largest absolute Gasteiger partial charge is 0.456 e. The summed E-state index contributed by atoms with van der Waals surface area (Å²) in [5.74, 6) is 1.64. The van der Waals surface area contributed by atoms with Gasteiger partial charge in [0.2, 0.25) is 0 Å². The van der Waals surface area contributed by atoms with Crippen molar-refractivity contribution in [1.29, 1.82) is 0 Å². The third-order valence-corrected chi connectivity index (χ3v) is 12.6. The first-order valence-corrected chi connectivity index (χ1v) is 20.5. The van der Waals surface area contributed by atoms with Gasteiger partial charge in [0.1, 0.15) is 22.3 Å². The summed E-state index contributed by atoms with van der Waals surface area (Å²) in [6.45, 7) is 0. The summed E-state index contributed by atoms with van der Waals surface area (Å²) in [4.78, 5) is 15.7. The van der Waals surface area contributed by atoms with E-state index in [1.54, 1.807) is 0 Å². The monoisotopic (exact) mass is 778 g/mol. The Morgan fingerprint density at radius 3 is 1.72 bits per heavy atom. The molecule has 10 aromatic carbocycles. The van der Waals surface area contributed by atoms with Gasteiger partial charge in [-0.1, -0.05) is 133 Å². The van der Waals surface area contributed by atoms with Crippen molar-refractivity contribution in [3.8, 4) is 39.9 Å². The molecule has 0 saturated carbocycles. The van der Waals surface area contributed by atoms with E-state index in [2.05, 4.69) is 132 Å². The molecule has 0 aliphatic rings. The maximum atomic E-state index is 6.54. The van der Waals surface area contributed by atoms with Gasteiger partial charge >= 0.3 is 0 Å². The van der Waals surface area contributed by atoms with Crippen LogP contribution in [0.1, 0.15) is 0 Å². The zero-order valence-corrected chi connectivity index (χ0v) is 32.4. The summed E-state index contributed by atoms with van der Waals surface area (Å²) in [5, 5.41) is 14.0. The molecule has 6 nitrogen and oxygen atoms in total. The lowest BCUT2D eigenvalue weighted by molar-refractivity contribution is 0.668. The van der Waals surface area contributed by atoms with Gasteiger partial charge in [-0.2, -0.15) is 0 Å². The van der Waals surface area contributed by atoms with Gasteiger partial charge in [0, 0.05) is 48.8 Å². The molecule has 6 heteroatoms. The van der Waals surface area contributed by atoms with Crippen LogP contribution in [0.25, 0.3) is 138 Å². The average Bonchev–Trinajstić information content (AvgIpc) is 4.00. The first-order valence-electron chi connectivity index (χ1n) is 20.5. The van der Waals surface area contributed by atoms with Crippen LogP contribution in [0.2, 0.25) is 0 Å². The minimum absolute atomic E-state index is 0.529. The minimum atomic E-state index is 0.529. The molecule has 0 saturated heterocycles. The number of nitrogens with zero attached hydrogens (tertiary/aromatic N) is 4. The molecule has 4 aromatic heterocycles. The number of aromatic nitrogens is 4. The fourth-order valence-corrected chi connectivity index (χ4v) is 9.83. The summed E-state index contributed by atoms with van der Waals surface area (Å²) in [7, 11) is 0. The molecule has 0 aliphatic carbocycles. The molecule has 0 atom stereocenters. The Hall–Kier alpha value is -8.35. The Morgan fingerprint density at radius 2 is 0.902 bits per heavy atom. The Bertz CT molecular complexity index is 4120. The summed E-state index contributed by atoms with van der Waals surface area (Å²) in [5.41, 5.74) is 9.02. The SMILES string of the molecule is c1cc2ccc3ccc(-n4c5ccccc5c5ccc(-c6nc(-c7ccc8c(c7)oc7ccccc78)nc(-c7cccc8c7oc7ccccc78)n6)cc54)c4ccc(c1)c2c34. The second-order valence-corrected chi connectivity index (χ2v) is 15.9. The van der Waals surface area contributed by atoms with E-state index in [9.17, 15) is 0 Å². The third-order valence-electron chi connectivity index (χ3n) is 12.6. The van der Waals surface area contributed by atoms with Gasteiger partial charge in [-0.05, 0) is 75.5 Å². The maximum Gasteiger partial charge on any atom is 0.167 e. The summed E-state index contributed by atoms with van der Waals surface area (Å²) in [6.07, 6.45) is 0. The number of benzene rings is 10. The van der Waals surface area contributed by atoms with E-state index in [1.165, 1.54) is 37.7 Å². The standard InChI is InChI=1S/C55H30N4O2/c1-4-16-44-36(11-1)37-25-22-34(29-46(37)59(44)45-28-24-33-20-19-31-9-7-10-32-21-27-42(45)51(33)50(31)32)53-56-54(35-23-26-40-38-12-2-5-17-47(38)60-49(40)30-35)58-55(57-53)43-15-8-14-41-39-13-3-6-18-48(39)61-52(41)43/h1-30H. The highest BCUT2D eigenvalue weighted by Crippen LogP contribution is 2.42. The van der Waals surface area contributed by atoms with Crippen LogP contribution in [0.4, 0.5) is 0 Å². The van der Waals surface area contributed by atoms with Crippen molar-refractivity contribution in [3.63, 3.8) is 0 Å². The van der Waals surface area contributed by atoms with E-state index in [0.717, 1.165) is 82.7 Å². The van der Waals surface area contributed by atoms with Crippen molar-refractivity contribution in [2.75, 3.05) is 0 Å². The number of fused-ring (bicyclic) bond motifs is 9. The Kier molecular flexibility index (Phi) is 6.46. The Labute approximate surface area is 346 Å². The van der Waals surface area contributed by atoms with Gasteiger partial charge in [-0.25, -0.2) is 15.0 Å². The summed E-state index contributed by atoms with van der Waals surface area (Å²) < 4.78 is 15.3. The lowest BCUT2D eigenvalue weighted by atomic mass is 9.93. The van der Waals surface area contributed by atoms with Gasteiger partial charge in [-0.15, -0.1) is 0 Å². The number of furan rings is 2. The highest BCUT2D eigenvalue weighted by molar-refractivity contribution is 6.25. The third kappa shape index (κ3) is 4.64. The number of hydrogen-bond donors (Lipinski definition) is 0. The second kappa shape index (κ2) is 12.1. The van der Waals surface area contributed by atoms with Crippen molar-refractivity contribution in [3.05, 3.63) is 182 Å². The van der Waals surface area contributed by atoms with Gasteiger partial charge in [-0.3, -0.25) is 0 Å². The van der Waals surface area contributed by atoms with Crippen LogP contribution < -0.4 is 0 Å². The molecular weight excluding hydrogens is 749 g/mol. The number of hydrogen-bond acceptors (Lipinski definition) is 5. The summed E-state index contributed by atoms with van der Waals surface area (Å²) in [6, 6.07) is 64.0. The van der Waals surface area contributed by atoms with E-state index < -0.39 is 0 Å². The average molecular weight is 779 g/mol. The lowest BCUT2D eigenvalue weighted by Crippen LogP contribution is -2.01. The van der Waals surface area contributed by atoms with Gasteiger partial charge < -0.3 is 13.4 Å². The van der Waals surface area contributed by atoms with Crippen molar-refractivity contribution in [2.45, 2.75) is 0 Å². The molecule has 14 rings (SSSR count). The molecule has 4 heterocycles. The minimum Gasteiger partial charge on any atom is -0.456 e. The molecule has 0 N–H and O–H groups in total. The van der Waals surface area contributed by atoms with E-state index in [4.69, 9.17) is 23.8 Å². The van der Waals surface area contributed by atoms with Crippen LogP contribution in [0, 0.1) is 0 Å². The van der Waals surface area contributed by atoms with Crippen LogP contribution in [0.15, 0.2) is 191 Å². The second-order valence-electron chi connectivity index (χ2n) is 15.9. The van der Waals surface area contributed by atoms with E-state index in [-0.39, 0.29) is 0 Å². The normalized spacial score (nSPS) is 12.3. The molecule has 61 heavy (non-hydrogen) atoms. The van der Waals surface area contributed by atoms with Gasteiger partial charge in [0.05, 0.1) is 22.3 Å². The van der Waals surface area contributed by atoms with Crippen molar-refractivity contribution >= 4 is 98.0 Å². The molecule has 0 spiro atoms. The fourth-order valence-electron chi connectivity index (χ4n) is 9.83. The lowest BCUT2D eigenvalue weighted by Gasteiger charge is -2.16. The van der Waals surface area contributed by atoms with Gasteiger partial charge in [0.15, 0.2) is 17.5 Å². The predicted octanol–water partition coefficient (Wildman–Crippen LogP) is 14.7. The molecule has 14 aromatic rings. The zero-order chi connectivity index (χ0) is 39.8. The van der Waals surface area contributed by atoms with E-state index in [1.807, 2.05) is 54.6 Å². The molecule has 0 amide bonds. The van der Waals surface area contributed by atoms with E-state index in [0.29, 0.717) is 17.5 Å². The number of rotatable bonds is 4. The number of para-hydroxylation sites is 4. The van der Waals surface area contributed by atoms with Crippen LogP contribution in [0.3, 0.4) is 0 Å². The molecule has 282 valence electrons. The fraction of sp³-hybridized carbons (Fsp3) is 0. The molecule has 0 aliphatic heterocycles. The highest BCUT2D eigenvalue weighted by Gasteiger charge is 2.21. The van der Waals surface area contributed by atoms with Crippen molar-refractivity contribution in [2.24, 2.45) is 0 Å². The summed E-state index contributed by atoms with van der Waals surface area (Å²) >= 11 is 0. The van der Waals surface area contributed by atoms with Crippen LogP contribution in [-0.2, 0) is 0 Å². The molecule has 0 unspecified atom stereocenters. The highest BCUT2D eigenvalue weighted by atomic mass is 16.3. The Balaban J connectivity index is 1.03. The molecule has 0 bridgehead atoms. The molecular formula is C55H30N4O2. The first-order chi connectivity index (χ1) is 30.2. The Morgan fingerprint density at radius 1 is 0.344 bits per heavy atom. The topological polar surface area (TPSA) is 69.9 Å².